The highest BCUT2D eigenvalue weighted by Crippen LogP contribution is 2.36. The number of ether oxygens (including phenoxy) is 2. The zero-order chi connectivity index (χ0) is 14.7. The lowest BCUT2D eigenvalue weighted by molar-refractivity contribution is -0.137. The molecule has 21 heavy (non-hydrogen) atoms. The second kappa shape index (κ2) is 5.87. The van der Waals surface area contributed by atoms with E-state index in [1.165, 1.54) is 0 Å². The number of hydrogen-bond donors (Lipinski definition) is 1. The van der Waals surface area contributed by atoms with E-state index >= 15 is 0 Å². The highest BCUT2D eigenvalue weighted by atomic mass is 16.6. The summed E-state index contributed by atoms with van der Waals surface area (Å²) >= 11 is 0. The Bertz CT molecular complexity index is 636. The van der Waals surface area contributed by atoms with E-state index < -0.39 is 5.97 Å². The summed E-state index contributed by atoms with van der Waals surface area (Å²) in [6.45, 7) is 1.06. The number of fused-ring (bicyclic) bond motifs is 1. The van der Waals surface area contributed by atoms with E-state index in [0.717, 1.165) is 11.1 Å². The summed E-state index contributed by atoms with van der Waals surface area (Å²) < 4.78 is 11.1. The molecule has 4 nitrogen and oxygen atoms in total. The van der Waals surface area contributed by atoms with Crippen LogP contribution < -0.4 is 9.47 Å². The predicted molar refractivity (Wildman–Crippen MR) is 78.0 cm³/mol. The minimum atomic E-state index is -0.821. The summed E-state index contributed by atoms with van der Waals surface area (Å²) in [5.74, 6) is 0.385. The van der Waals surface area contributed by atoms with E-state index in [9.17, 15) is 9.90 Å². The van der Waals surface area contributed by atoms with Crippen LogP contribution in [0.1, 0.15) is 23.5 Å². The van der Waals surface area contributed by atoms with Crippen LogP contribution in [0, 0.1) is 0 Å². The van der Waals surface area contributed by atoms with Gasteiger partial charge in [-0.05, 0) is 23.3 Å². The van der Waals surface area contributed by atoms with Gasteiger partial charge in [0, 0.05) is 5.92 Å². The van der Waals surface area contributed by atoms with Crippen molar-refractivity contribution >= 4 is 5.97 Å². The molecule has 1 aliphatic heterocycles. The standard InChI is InChI=1S/C17H16O4/c18-17(19)11-14(12-4-2-1-3-5-12)13-6-7-15-16(10-13)21-9-8-20-15/h1-7,10,14H,8-9,11H2,(H,18,19). The monoisotopic (exact) mass is 284 g/mol. The maximum atomic E-state index is 11.2. The third-order valence-corrected chi connectivity index (χ3v) is 3.55. The van der Waals surface area contributed by atoms with E-state index in [-0.39, 0.29) is 12.3 Å². The molecule has 108 valence electrons. The third kappa shape index (κ3) is 2.99. The topological polar surface area (TPSA) is 55.8 Å². The largest absolute Gasteiger partial charge is 0.486 e. The van der Waals surface area contributed by atoms with E-state index in [1.54, 1.807) is 0 Å². The molecule has 1 N–H and O–H groups in total. The molecule has 0 saturated carbocycles. The Morgan fingerprint density at radius 3 is 2.43 bits per heavy atom. The Balaban J connectivity index is 1.98. The Morgan fingerprint density at radius 2 is 1.71 bits per heavy atom. The van der Waals surface area contributed by atoms with Gasteiger partial charge < -0.3 is 14.6 Å². The lowest BCUT2D eigenvalue weighted by Gasteiger charge is -2.21. The first-order chi connectivity index (χ1) is 10.2. The molecule has 0 fully saturated rings. The molecule has 1 unspecified atom stereocenters. The van der Waals surface area contributed by atoms with Gasteiger partial charge >= 0.3 is 5.97 Å². The maximum Gasteiger partial charge on any atom is 0.304 e. The second-order valence-corrected chi connectivity index (χ2v) is 4.96. The molecule has 2 aromatic rings. The van der Waals surface area contributed by atoms with Crippen molar-refractivity contribution < 1.29 is 19.4 Å². The van der Waals surface area contributed by atoms with Gasteiger partial charge in [-0.2, -0.15) is 0 Å². The fourth-order valence-corrected chi connectivity index (χ4v) is 2.56. The van der Waals surface area contributed by atoms with Crippen LogP contribution in [0.15, 0.2) is 48.5 Å². The molecule has 3 rings (SSSR count). The smallest absolute Gasteiger partial charge is 0.304 e. The number of rotatable bonds is 4. The molecule has 1 atom stereocenters. The molecule has 0 aliphatic carbocycles. The molecule has 0 spiro atoms. The van der Waals surface area contributed by atoms with Crippen LogP contribution in [0.4, 0.5) is 0 Å². The molecule has 1 heterocycles. The normalized spacial score (nSPS) is 14.5. The first kappa shape index (κ1) is 13.5. The Morgan fingerprint density at radius 1 is 1.00 bits per heavy atom. The van der Waals surface area contributed by atoms with Crippen molar-refractivity contribution in [1.29, 1.82) is 0 Å². The molecule has 0 aromatic heterocycles. The van der Waals surface area contributed by atoms with Crippen LogP contribution in [0.3, 0.4) is 0 Å². The first-order valence-electron chi connectivity index (χ1n) is 6.90. The molecule has 1 aliphatic rings. The zero-order valence-electron chi connectivity index (χ0n) is 11.5. The van der Waals surface area contributed by atoms with Gasteiger partial charge in [0.1, 0.15) is 13.2 Å². The fraction of sp³-hybridized carbons (Fsp3) is 0.235. The average molecular weight is 284 g/mol. The van der Waals surface area contributed by atoms with Crippen molar-refractivity contribution in [3.8, 4) is 11.5 Å². The van der Waals surface area contributed by atoms with Gasteiger partial charge in [-0.25, -0.2) is 0 Å². The number of hydrogen-bond acceptors (Lipinski definition) is 3. The molecular formula is C17H16O4. The Labute approximate surface area is 122 Å². The zero-order valence-corrected chi connectivity index (χ0v) is 11.5. The van der Waals surface area contributed by atoms with Gasteiger partial charge in [-0.3, -0.25) is 4.79 Å². The number of carbonyl (C=O) groups is 1. The van der Waals surface area contributed by atoms with Gasteiger partial charge in [0.05, 0.1) is 6.42 Å². The van der Waals surface area contributed by atoms with Crippen molar-refractivity contribution in [2.75, 3.05) is 13.2 Å². The Hall–Kier alpha value is -2.49. The van der Waals surface area contributed by atoms with Gasteiger partial charge in [0.25, 0.3) is 0 Å². The number of carboxylic acids is 1. The number of benzene rings is 2. The summed E-state index contributed by atoms with van der Waals surface area (Å²) in [6.07, 6.45) is 0.0453. The third-order valence-electron chi connectivity index (χ3n) is 3.55. The van der Waals surface area contributed by atoms with Crippen molar-refractivity contribution in [1.82, 2.24) is 0 Å². The van der Waals surface area contributed by atoms with Crippen molar-refractivity contribution in [3.05, 3.63) is 59.7 Å². The molecule has 4 heteroatoms. The molecule has 2 aromatic carbocycles. The van der Waals surface area contributed by atoms with Gasteiger partial charge in [0.2, 0.25) is 0 Å². The average Bonchev–Trinajstić information content (AvgIpc) is 2.53. The van der Waals surface area contributed by atoms with E-state index in [2.05, 4.69) is 0 Å². The van der Waals surface area contributed by atoms with E-state index in [1.807, 2.05) is 48.5 Å². The maximum absolute atomic E-state index is 11.2. The lowest BCUT2D eigenvalue weighted by atomic mass is 9.88. The van der Waals surface area contributed by atoms with Crippen LogP contribution in [-0.2, 0) is 4.79 Å². The molecule has 0 amide bonds. The van der Waals surface area contributed by atoms with Crippen molar-refractivity contribution in [2.24, 2.45) is 0 Å². The van der Waals surface area contributed by atoms with Crippen molar-refractivity contribution in [2.45, 2.75) is 12.3 Å². The van der Waals surface area contributed by atoms with Gasteiger partial charge in [-0.15, -0.1) is 0 Å². The van der Waals surface area contributed by atoms with E-state index in [4.69, 9.17) is 9.47 Å². The highest BCUT2D eigenvalue weighted by molar-refractivity contribution is 5.69. The predicted octanol–water partition coefficient (Wildman–Crippen LogP) is 3.06. The summed E-state index contributed by atoms with van der Waals surface area (Å²) in [6, 6.07) is 15.3. The Kier molecular flexibility index (Phi) is 3.77. The lowest BCUT2D eigenvalue weighted by Crippen LogP contribution is -2.16. The summed E-state index contributed by atoms with van der Waals surface area (Å²) in [7, 11) is 0. The highest BCUT2D eigenvalue weighted by Gasteiger charge is 2.20. The van der Waals surface area contributed by atoms with Crippen LogP contribution in [-0.4, -0.2) is 24.3 Å². The van der Waals surface area contributed by atoms with Gasteiger partial charge in [0.15, 0.2) is 11.5 Å². The summed E-state index contributed by atoms with van der Waals surface area (Å²) in [4.78, 5) is 11.2. The molecule has 0 saturated heterocycles. The molecule has 0 bridgehead atoms. The fourth-order valence-electron chi connectivity index (χ4n) is 2.56. The van der Waals surface area contributed by atoms with Crippen molar-refractivity contribution in [3.63, 3.8) is 0 Å². The number of carboxylic acid groups (broad SMARTS) is 1. The summed E-state index contributed by atoms with van der Waals surface area (Å²) in [5.41, 5.74) is 1.91. The van der Waals surface area contributed by atoms with Crippen LogP contribution in [0.25, 0.3) is 0 Å². The van der Waals surface area contributed by atoms with Crippen LogP contribution >= 0.6 is 0 Å². The van der Waals surface area contributed by atoms with Crippen LogP contribution in [0.2, 0.25) is 0 Å². The molecule has 0 radical (unpaired) electrons. The summed E-state index contributed by atoms with van der Waals surface area (Å²) in [5, 5.41) is 9.19. The van der Waals surface area contributed by atoms with Crippen LogP contribution in [0.5, 0.6) is 11.5 Å². The van der Waals surface area contributed by atoms with Gasteiger partial charge in [-0.1, -0.05) is 36.4 Å². The number of aliphatic carboxylic acids is 1. The minimum absolute atomic E-state index is 0.0453. The van der Waals surface area contributed by atoms with E-state index in [0.29, 0.717) is 24.7 Å². The molecular weight excluding hydrogens is 268 g/mol. The first-order valence-corrected chi connectivity index (χ1v) is 6.90. The quantitative estimate of drug-likeness (QED) is 0.937. The SMILES string of the molecule is O=C(O)CC(c1ccccc1)c1ccc2c(c1)OCCO2. The second-order valence-electron chi connectivity index (χ2n) is 4.96. The minimum Gasteiger partial charge on any atom is -0.486 e.